The summed E-state index contributed by atoms with van der Waals surface area (Å²) in [6.07, 6.45) is 4.06. The predicted molar refractivity (Wildman–Crippen MR) is 70.1 cm³/mol. The Morgan fingerprint density at radius 3 is 3.00 bits per heavy atom. The smallest absolute Gasteiger partial charge is 0.310 e. The fourth-order valence-electron chi connectivity index (χ4n) is 2.15. The highest BCUT2D eigenvalue weighted by atomic mass is 16.5. The molecule has 0 unspecified atom stereocenters. The fourth-order valence-corrected chi connectivity index (χ4v) is 2.15. The summed E-state index contributed by atoms with van der Waals surface area (Å²) in [5, 5.41) is 0. The first-order valence-corrected chi connectivity index (χ1v) is 6.47. The molecule has 2 aromatic heterocycles. The van der Waals surface area contributed by atoms with E-state index in [0.717, 1.165) is 17.7 Å². The number of carbonyl (C=O) groups is 1. The number of hydrogen-bond acceptors (Lipinski definition) is 5. The van der Waals surface area contributed by atoms with Crippen LogP contribution in [-0.4, -0.2) is 18.1 Å². The van der Waals surface area contributed by atoms with Crippen molar-refractivity contribution in [3.05, 3.63) is 48.0 Å². The minimum atomic E-state index is -0.179. The largest absolute Gasteiger partial charge is 0.481 e. The molecule has 3 rings (SSSR count). The third-order valence-electron chi connectivity index (χ3n) is 3.39. The van der Waals surface area contributed by atoms with Crippen LogP contribution in [0, 0.1) is 5.92 Å². The first kappa shape index (κ1) is 12.7. The molecule has 0 bridgehead atoms. The number of carbonyl (C=O) groups excluding carboxylic acids is 1. The molecule has 5 heteroatoms. The molecule has 1 saturated carbocycles. The highest BCUT2D eigenvalue weighted by Crippen LogP contribution is 2.48. The number of rotatable bonds is 5. The maximum Gasteiger partial charge on any atom is 0.310 e. The molecule has 104 valence electrons. The van der Waals surface area contributed by atoms with Gasteiger partial charge in [-0.1, -0.05) is 0 Å². The maximum atomic E-state index is 11.9. The van der Waals surface area contributed by atoms with Crippen LogP contribution in [0.3, 0.4) is 0 Å². The second-order valence-corrected chi connectivity index (χ2v) is 4.78. The monoisotopic (exact) mass is 273 g/mol. The van der Waals surface area contributed by atoms with E-state index in [2.05, 4.69) is 4.98 Å². The van der Waals surface area contributed by atoms with Crippen LogP contribution in [0.5, 0.6) is 5.88 Å². The van der Waals surface area contributed by atoms with Crippen molar-refractivity contribution in [2.24, 2.45) is 5.92 Å². The average molecular weight is 273 g/mol. The van der Waals surface area contributed by atoms with Gasteiger partial charge in [0.2, 0.25) is 5.88 Å². The van der Waals surface area contributed by atoms with Gasteiger partial charge in [0.25, 0.3) is 0 Å². The second-order valence-electron chi connectivity index (χ2n) is 4.78. The zero-order valence-corrected chi connectivity index (χ0v) is 11.1. The summed E-state index contributed by atoms with van der Waals surface area (Å²) in [5.74, 6) is 1.32. The number of pyridine rings is 1. The molecule has 1 aliphatic rings. The van der Waals surface area contributed by atoms with Gasteiger partial charge in [-0.25, -0.2) is 4.98 Å². The van der Waals surface area contributed by atoms with Crippen molar-refractivity contribution >= 4 is 5.97 Å². The van der Waals surface area contributed by atoms with Crippen LogP contribution in [0.15, 0.2) is 41.1 Å². The van der Waals surface area contributed by atoms with Gasteiger partial charge in [-0.05, 0) is 24.6 Å². The first-order valence-electron chi connectivity index (χ1n) is 6.47. The van der Waals surface area contributed by atoms with Crippen LogP contribution in [0.1, 0.15) is 23.7 Å². The number of hydrogen-bond donors (Lipinski definition) is 0. The fraction of sp³-hybridized carbons (Fsp3) is 0.333. The first-order chi connectivity index (χ1) is 9.78. The van der Waals surface area contributed by atoms with Gasteiger partial charge < -0.3 is 13.9 Å². The highest BCUT2D eigenvalue weighted by Gasteiger charge is 2.47. The lowest BCUT2D eigenvalue weighted by atomic mass is 10.2. The Morgan fingerprint density at radius 2 is 2.35 bits per heavy atom. The molecule has 0 aliphatic heterocycles. The number of aromatic nitrogens is 1. The molecule has 0 radical (unpaired) electrons. The molecule has 2 aromatic rings. The molecule has 2 atom stereocenters. The van der Waals surface area contributed by atoms with E-state index in [1.54, 1.807) is 25.6 Å². The van der Waals surface area contributed by atoms with E-state index in [4.69, 9.17) is 13.9 Å². The minimum absolute atomic E-state index is 0.0765. The molecule has 0 saturated heterocycles. The van der Waals surface area contributed by atoms with E-state index in [9.17, 15) is 4.79 Å². The number of ether oxygens (including phenoxy) is 2. The Labute approximate surface area is 116 Å². The summed E-state index contributed by atoms with van der Waals surface area (Å²) >= 11 is 0. The Bertz CT molecular complexity index is 576. The SMILES string of the molecule is COc1ccc(COC(=O)[C@H]2C[C@H]2c2ccco2)cn1. The maximum absolute atomic E-state index is 11.9. The number of furan rings is 1. The van der Waals surface area contributed by atoms with Gasteiger partial charge in [-0.15, -0.1) is 0 Å². The van der Waals surface area contributed by atoms with Crippen LogP contribution in [-0.2, 0) is 16.1 Å². The summed E-state index contributed by atoms with van der Waals surface area (Å²) in [7, 11) is 1.56. The van der Waals surface area contributed by atoms with Crippen molar-refractivity contribution in [3.63, 3.8) is 0 Å². The molecule has 0 N–H and O–H groups in total. The van der Waals surface area contributed by atoms with Crippen LogP contribution in [0.4, 0.5) is 0 Å². The van der Waals surface area contributed by atoms with E-state index in [0.29, 0.717) is 5.88 Å². The van der Waals surface area contributed by atoms with Crippen molar-refractivity contribution in [1.29, 1.82) is 0 Å². The molecule has 0 spiro atoms. The summed E-state index contributed by atoms with van der Waals surface area (Å²) in [5.41, 5.74) is 0.842. The molecule has 20 heavy (non-hydrogen) atoms. The van der Waals surface area contributed by atoms with E-state index >= 15 is 0 Å². The van der Waals surface area contributed by atoms with Gasteiger partial charge in [0, 0.05) is 23.7 Å². The van der Waals surface area contributed by atoms with E-state index < -0.39 is 0 Å². The van der Waals surface area contributed by atoms with Crippen molar-refractivity contribution < 1.29 is 18.7 Å². The highest BCUT2D eigenvalue weighted by molar-refractivity contribution is 5.77. The van der Waals surface area contributed by atoms with E-state index in [1.807, 2.05) is 18.2 Å². The summed E-state index contributed by atoms with van der Waals surface area (Å²) in [6.45, 7) is 0.233. The van der Waals surface area contributed by atoms with Crippen LogP contribution < -0.4 is 4.74 Å². The Balaban J connectivity index is 1.50. The lowest BCUT2D eigenvalue weighted by Gasteiger charge is -2.05. The Kier molecular flexibility index (Phi) is 3.41. The van der Waals surface area contributed by atoms with Gasteiger partial charge in [0.15, 0.2) is 0 Å². The quantitative estimate of drug-likeness (QED) is 0.783. The molecule has 2 heterocycles. The Morgan fingerprint density at radius 1 is 1.45 bits per heavy atom. The number of nitrogens with zero attached hydrogens (tertiary/aromatic N) is 1. The lowest BCUT2D eigenvalue weighted by Crippen LogP contribution is -2.08. The lowest BCUT2D eigenvalue weighted by molar-refractivity contribution is -0.146. The van der Waals surface area contributed by atoms with Crippen molar-refractivity contribution in [2.75, 3.05) is 7.11 Å². The Hall–Kier alpha value is -2.30. The topological polar surface area (TPSA) is 61.6 Å². The molecule has 1 fully saturated rings. The third kappa shape index (κ3) is 2.66. The molecule has 0 aromatic carbocycles. The van der Waals surface area contributed by atoms with Gasteiger partial charge in [0.1, 0.15) is 12.4 Å². The molecular weight excluding hydrogens is 258 g/mol. The second kappa shape index (κ2) is 5.36. The normalized spacial score (nSPS) is 20.4. The zero-order chi connectivity index (χ0) is 13.9. The van der Waals surface area contributed by atoms with Crippen LogP contribution >= 0.6 is 0 Å². The van der Waals surface area contributed by atoms with Crippen molar-refractivity contribution in [3.8, 4) is 5.88 Å². The van der Waals surface area contributed by atoms with Gasteiger partial charge in [-0.2, -0.15) is 0 Å². The summed E-state index contributed by atoms with van der Waals surface area (Å²) in [4.78, 5) is 16.0. The van der Waals surface area contributed by atoms with Gasteiger partial charge in [0.05, 0.1) is 19.3 Å². The van der Waals surface area contributed by atoms with Crippen LogP contribution in [0.2, 0.25) is 0 Å². The number of esters is 1. The third-order valence-corrected chi connectivity index (χ3v) is 3.39. The minimum Gasteiger partial charge on any atom is -0.481 e. The summed E-state index contributed by atoms with van der Waals surface area (Å²) in [6, 6.07) is 7.30. The van der Waals surface area contributed by atoms with Crippen molar-refractivity contribution in [2.45, 2.75) is 18.9 Å². The molecular formula is C15H15NO4. The standard InChI is InChI=1S/C15H15NO4/c1-18-14-5-4-10(8-16-14)9-20-15(17)12-7-11(12)13-3-2-6-19-13/h2-6,8,11-12H,7,9H2,1H3/t11-,12+/m1/s1. The molecule has 1 aliphatic carbocycles. The van der Waals surface area contributed by atoms with Gasteiger partial charge >= 0.3 is 5.97 Å². The van der Waals surface area contributed by atoms with E-state index in [-0.39, 0.29) is 24.4 Å². The molecule has 5 nitrogen and oxygen atoms in total. The van der Waals surface area contributed by atoms with Crippen molar-refractivity contribution in [1.82, 2.24) is 4.98 Å². The average Bonchev–Trinajstić information content (AvgIpc) is 3.11. The van der Waals surface area contributed by atoms with Gasteiger partial charge in [-0.3, -0.25) is 4.79 Å². The zero-order valence-electron chi connectivity index (χ0n) is 11.1. The number of methoxy groups -OCH3 is 1. The molecule has 0 amide bonds. The predicted octanol–water partition coefficient (Wildman–Crippen LogP) is 2.53. The van der Waals surface area contributed by atoms with E-state index in [1.165, 1.54) is 0 Å². The van der Waals surface area contributed by atoms with Crippen LogP contribution in [0.25, 0.3) is 0 Å². The summed E-state index contributed by atoms with van der Waals surface area (Å²) < 4.78 is 15.6.